The number of benzene rings is 3. The summed E-state index contributed by atoms with van der Waals surface area (Å²) in [6.45, 7) is 0. The molecule has 0 aliphatic heterocycles. The normalized spacial score (nSPS) is 11.0. The van der Waals surface area contributed by atoms with Crippen LogP contribution in [-0.4, -0.2) is 18.1 Å². The van der Waals surface area contributed by atoms with Crippen LogP contribution in [0, 0.1) is 5.82 Å². The number of nitrogens with one attached hydrogen (secondary N) is 1. The molecule has 0 fully saturated rings. The molecule has 0 unspecified atom stereocenters. The van der Waals surface area contributed by atoms with Crippen LogP contribution < -0.4 is 10.2 Å². The third kappa shape index (κ3) is 4.79. The second-order valence-electron chi connectivity index (χ2n) is 6.41. The molecule has 4 aromatic rings. The number of thiophene rings is 1. The third-order valence-electron chi connectivity index (χ3n) is 4.27. The first-order chi connectivity index (χ1) is 15.0. The zero-order valence-electron chi connectivity index (χ0n) is 15.8. The molecule has 1 heterocycles. The number of esters is 1. The van der Waals surface area contributed by atoms with Crippen LogP contribution in [0.25, 0.3) is 10.1 Å². The van der Waals surface area contributed by atoms with Crippen LogP contribution in [0.3, 0.4) is 0 Å². The van der Waals surface area contributed by atoms with E-state index in [2.05, 4.69) is 10.5 Å². The highest BCUT2D eigenvalue weighted by atomic mass is 35.5. The predicted molar refractivity (Wildman–Crippen MR) is 120 cm³/mol. The Bertz CT molecular complexity index is 1300. The Balaban J connectivity index is 1.37. The Kier molecular flexibility index (Phi) is 6.06. The zero-order valence-corrected chi connectivity index (χ0v) is 17.4. The van der Waals surface area contributed by atoms with Crippen LogP contribution in [0.1, 0.15) is 25.6 Å². The van der Waals surface area contributed by atoms with Crippen LogP contribution >= 0.6 is 22.9 Å². The van der Waals surface area contributed by atoms with Gasteiger partial charge in [0.15, 0.2) is 0 Å². The molecule has 5 nitrogen and oxygen atoms in total. The number of nitrogens with zero attached hydrogens (tertiary/aromatic N) is 1. The highest BCUT2D eigenvalue weighted by Gasteiger charge is 2.16. The van der Waals surface area contributed by atoms with Crippen molar-refractivity contribution in [1.29, 1.82) is 0 Å². The van der Waals surface area contributed by atoms with Crippen LogP contribution in [0.4, 0.5) is 4.39 Å². The van der Waals surface area contributed by atoms with E-state index in [-0.39, 0.29) is 5.56 Å². The average molecular weight is 453 g/mol. The summed E-state index contributed by atoms with van der Waals surface area (Å²) < 4.78 is 19.4. The topological polar surface area (TPSA) is 67.8 Å². The first kappa shape index (κ1) is 20.7. The molecule has 0 aliphatic carbocycles. The van der Waals surface area contributed by atoms with Crippen molar-refractivity contribution in [2.75, 3.05) is 0 Å². The standard InChI is InChI=1S/C23H14ClFN2O3S/c24-20-18-6-1-2-7-19(18)31-21(20)22(28)27-26-13-14-8-10-17(11-9-14)30-23(29)15-4-3-5-16(25)12-15/h1-13H,(H,27,28). The Hall–Kier alpha value is -3.55. The van der Waals surface area contributed by atoms with Crippen LogP contribution in [-0.2, 0) is 0 Å². The monoisotopic (exact) mass is 452 g/mol. The van der Waals surface area contributed by atoms with Crippen molar-refractivity contribution >= 4 is 51.1 Å². The molecule has 0 aliphatic rings. The molecule has 0 atom stereocenters. The van der Waals surface area contributed by atoms with Crippen molar-refractivity contribution in [3.63, 3.8) is 0 Å². The fourth-order valence-electron chi connectivity index (χ4n) is 2.78. The van der Waals surface area contributed by atoms with Crippen molar-refractivity contribution < 1.29 is 18.7 Å². The lowest BCUT2D eigenvalue weighted by atomic mass is 10.2. The number of halogens is 2. The summed E-state index contributed by atoms with van der Waals surface area (Å²) in [5.41, 5.74) is 3.25. The molecule has 1 amide bonds. The number of amides is 1. The van der Waals surface area contributed by atoms with Gasteiger partial charge in [0, 0.05) is 10.1 Å². The molecular weight excluding hydrogens is 439 g/mol. The van der Waals surface area contributed by atoms with Gasteiger partial charge in [0.05, 0.1) is 16.8 Å². The molecule has 1 aromatic heterocycles. The number of carbonyl (C=O) groups excluding carboxylic acids is 2. The summed E-state index contributed by atoms with van der Waals surface area (Å²) in [6.07, 6.45) is 1.46. The summed E-state index contributed by atoms with van der Waals surface area (Å²) >= 11 is 7.59. The lowest BCUT2D eigenvalue weighted by molar-refractivity contribution is 0.0734. The first-order valence-electron chi connectivity index (χ1n) is 9.09. The van der Waals surface area contributed by atoms with Gasteiger partial charge in [0.2, 0.25) is 0 Å². The lowest BCUT2D eigenvalue weighted by Crippen LogP contribution is -2.16. The fraction of sp³-hybridized carbons (Fsp3) is 0. The van der Waals surface area contributed by atoms with Gasteiger partial charge in [-0.05, 0) is 54.1 Å². The number of hydrogen-bond donors (Lipinski definition) is 1. The molecule has 31 heavy (non-hydrogen) atoms. The van der Waals surface area contributed by atoms with Crippen molar-refractivity contribution in [1.82, 2.24) is 5.43 Å². The molecule has 0 bridgehead atoms. The Morgan fingerprint density at radius 3 is 2.55 bits per heavy atom. The van der Waals surface area contributed by atoms with Gasteiger partial charge in [0.1, 0.15) is 16.4 Å². The molecule has 0 saturated carbocycles. The molecule has 4 rings (SSSR count). The number of hydrogen-bond acceptors (Lipinski definition) is 5. The van der Waals surface area contributed by atoms with E-state index in [4.69, 9.17) is 16.3 Å². The minimum Gasteiger partial charge on any atom is -0.423 e. The van der Waals surface area contributed by atoms with Gasteiger partial charge in [-0.25, -0.2) is 14.6 Å². The van der Waals surface area contributed by atoms with Gasteiger partial charge in [-0.15, -0.1) is 11.3 Å². The van der Waals surface area contributed by atoms with E-state index in [1.807, 2.05) is 24.3 Å². The maximum atomic E-state index is 13.2. The average Bonchev–Trinajstić information content (AvgIpc) is 3.12. The zero-order chi connectivity index (χ0) is 21.8. The van der Waals surface area contributed by atoms with Crippen LogP contribution in [0.2, 0.25) is 5.02 Å². The summed E-state index contributed by atoms with van der Waals surface area (Å²) in [7, 11) is 0. The molecule has 154 valence electrons. The SMILES string of the molecule is O=C(Oc1ccc(C=NNC(=O)c2sc3ccccc3c2Cl)cc1)c1cccc(F)c1. The van der Waals surface area contributed by atoms with E-state index < -0.39 is 17.7 Å². The van der Waals surface area contributed by atoms with Crippen molar-refractivity contribution in [2.45, 2.75) is 0 Å². The predicted octanol–water partition coefficient (Wildman–Crippen LogP) is 5.68. The molecule has 3 aromatic carbocycles. The van der Waals surface area contributed by atoms with Gasteiger partial charge in [-0.1, -0.05) is 35.9 Å². The first-order valence-corrected chi connectivity index (χ1v) is 10.3. The molecule has 0 spiro atoms. The largest absolute Gasteiger partial charge is 0.423 e. The number of fused-ring (bicyclic) bond motifs is 1. The van der Waals surface area contributed by atoms with Gasteiger partial charge in [-0.2, -0.15) is 5.10 Å². The van der Waals surface area contributed by atoms with Crippen molar-refractivity contribution in [2.24, 2.45) is 5.10 Å². The second kappa shape index (κ2) is 9.07. The van der Waals surface area contributed by atoms with Crippen LogP contribution in [0.15, 0.2) is 77.9 Å². The molecular formula is C23H14ClFN2O3S. The number of rotatable bonds is 5. The Labute approximate surface area is 185 Å². The molecule has 0 radical (unpaired) electrons. The maximum Gasteiger partial charge on any atom is 0.343 e. The minimum atomic E-state index is -0.659. The third-order valence-corrected chi connectivity index (χ3v) is 5.95. The highest BCUT2D eigenvalue weighted by Crippen LogP contribution is 2.34. The Morgan fingerprint density at radius 2 is 1.81 bits per heavy atom. The van der Waals surface area contributed by atoms with E-state index in [1.165, 1.54) is 35.8 Å². The number of hydrazone groups is 1. The number of ether oxygens (including phenoxy) is 1. The van der Waals surface area contributed by atoms with Gasteiger partial charge in [0.25, 0.3) is 5.91 Å². The van der Waals surface area contributed by atoms with E-state index in [0.717, 1.165) is 16.2 Å². The summed E-state index contributed by atoms with van der Waals surface area (Å²) in [4.78, 5) is 24.8. The van der Waals surface area contributed by atoms with Gasteiger partial charge in [-0.3, -0.25) is 4.79 Å². The lowest BCUT2D eigenvalue weighted by Gasteiger charge is -2.04. The van der Waals surface area contributed by atoms with E-state index in [9.17, 15) is 14.0 Å². The van der Waals surface area contributed by atoms with Crippen molar-refractivity contribution in [3.8, 4) is 5.75 Å². The van der Waals surface area contributed by atoms with Crippen molar-refractivity contribution in [3.05, 3.63) is 99.6 Å². The second-order valence-corrected chi connectivity index (χ2v) is 7.84. The molecule has 8 heteroatoms. The summed E-state index contributed by atoms with van der Waals surface area (Å²) in [5.74, 6) is -1.27. The van der Waals surface area contributed by atoms with Gasteiger partial charge < -0.3 is 4.74 Å². The van der Waals surface area contributed by atoms with E-state index in [1.54, 1.807) is 24.3 Å². The fourth-order valence-corrected chi connectivity index (χ4v) is 4.19. The smallest absolute Gasteiger partial charge is 0.343 e. The molecule has 0 saturated heterocycles. The van der Waals surface area contributed by atoms with Gasteiger partial charge >= 0.3 is 5.97 Å². The van der Waals surface area contributed by atoms with E-state index in [0.29, 0.717) is 21.2 Å². The maximum absolute atomic E-state index is 13.2. The quantitative estimate of drug-likeness (QED) is 0.183. The molecule has 1 N–H and O–H groups in total. The van der Waals surface area contributed by atoms with E-state index >= 15 is 0 Å². The summed E-state index contributed by atoms with van der Waals surface area (Å²) in [6, 6.07) is 19.2. The Morgan fingerprint density at radius 1 is 1.03 bits per heavy atom. The summed E-state index contributed by atoms with van der Waals surface area (Å²) in [5, 5.41) is 5.18. The number of carbonyl (C=O) groups is 2. The van der Waals surface area contributed by atoms with Crippen LogP contribution in [0.5, 0.6) is 5.75 Å². The minimum absolute atomic E-state index is 0.119. The highest BCUT2D eigenvalue weighted by molar-refractivity contribution is 7.21.